The summed E-state index contributed by atoms with van der Waals surface area (Å²) in [6, 6.07) is 15.1. The van der Waals surface area contributed by atoms with Crippen LogP contribution in [0.3, 0.4) is 0 Å². The third-order valence-electron chi connectivity index (χ3n) is 15.5. The van der Waals surface area contributed by atoms with Gasteiger partial charge in [-0.25, -0.2) is 9.18 Å². The third-order valence-corrected chi connectivity index (χ3v) is 15.5. The first-order chi connectivity index (χ1) is 34.5. The van der Waals surface area contributed by atoms with Gasteiger partial charge in [0.05, 0.1) is 29.3 Å². The molecular formula is C52H57FN10O8. The van der Waals surface area contributed by atoms with Gasteiger partial charge in [-0.15, -0.1) is 0 Å². The van der Waals surface area contributed by atoms with Crippen LogP contribution in [0, 0.1) is 5.82 Å². The Morgan fingerprint density at radius 2 is 1.66 bits per heavy atom. The predicted molar refractivity (Wildman–Crippen MR) is 261 cm³/mol. The highest BCUT2D eigenvalue weighted by Gasteiger charge is 2.46. The number of nitrogens with zero attached hydrogens (tertiary/aromatic N) is 8. The molecule has 7 aliphatic rings. The Hall–Kier alpha value is -6.99. The smallest absolute Gasteiger partial charge is 0.409 e. The van der Waals surface area contributed by atoms with Crippen LogP contribution >= 0.6 is 0 Å². The minimum atomic E-state index is -1.000. The third kappa shape index (κ3) is 8.51. The summed E-state index contributed by atoms with van der Waals surface area (Å²) in [5.41, 5.74) is 3.08. The number of phenolic OH excluding ortho intramolecular Hbond substituents is 1. The second kappa shape index (κ2) is 19.0. The molecule has 12 rings (SSSR count). The number of piperazine rings is 2. The number of aromatic nitrogens is 3. The molecule has 0 saturated carbocycles. The number of pyridine rings is 1. The molecule has 5 unspecified atom stereocenters. The van der Waals surface area contributed by atoms with Gasteiger partial charge in [-0.2, -0.15) is 9.97 Å². The van der Waals surface area contributed by atoms with Gasteiger partial charge in [0, 0.05) is 81.6 Å². The Labute approximate surface area is 409 Å². The lowest BCUT2D eigenvalue weighted by Gasteiger charge is -2.36. The fraction of sp³-hybridized carbons (Fsp3) is 0.462. The van der Waals surface area contributed by atoms with Gasteiger partial charge in [-0.05, 0) is 98.5 Å². The molecule has 5 aromatic rings. The van der Waals surface area contributed by atoms with E-state index in [1.165, 1.54) is 26.4 Å². The van der Waals surface area contributed by atoms with Crippen LogP contribution in [0.15, 0.2) is 54.7 Å². The quantitative estimate of drug-likeness (QED) is 0.172. The van der Waals surface area contributed by atoms with Gasteiger partial charge in [0.2, 0.25) is 11.8 Å². The molecule has 0 spiro atoms. The summed E-state index contributed by atoms with van der Waals surface area (Å²) >= 11 is 0. The van der Waals surface area contributed by atoms with E-state index in [0.29, 0.717) is 79.4 Å². The van der Waals surface area contributed by atoms with E-state index in [2.05, 4.69) is 42.3 Å². The van der Waals surface area contributed by atoms with Gasteiger partial charge in [-0.1, -0.05) is 31.2 Å². The molecule has 6 fully saturated rings. The monoisotopic (exact) mass is 968 g/mol. The van der Waals surface area contributed by atoms with Crippen molar-refractivity contribution in [1.82, 2.24) is 40.3 Å². The SMILES string of the molecule is CCc1cccc2cc(O)cc(-c3ncc4c(N5CC6CCC(C5)N6)nc(OC)nc4c3F)c12.O=C1CCC(N2C(=O)c3cccc(N4CCN(C(=O)OCC5CCC6CCCN65)CC4)c3C2=O)C(=O)N1. The lowest BCUT2D eigenvalue weighted by molar-refractivity contribution is -0.136. The number of amides is 5. The van der Waals surface area contributed by atoms with E-state index in [4.69, 9.17) is 9.47 Å². The van der Waals surface area contributed by atoms with E-state index < -0.39 is 35.5 Å². The highest BCUT2D eigenvalue weighted by Crippen LogP contribution is 2.40. The van der Waals surface area contributed by atoms with Crippen molar-refractivity contribution in [3.63, 3.8) is 0 Å². The zero-order valence-electron chi connectivity index (χ0n) is 39.9. The highest BCUT2D eigenvalue weighted by molar-refractivity contribution is 6.25. The van der Waals surface area contributed by atoms with Crippen LogP contribution in [-0.2, 0) is 20.7 Å². The standard InChI is InChI=1S/C26H26FN5O2.C26H31N5O6/c1-3-14-5-4-6-15-9-18(33)10-19(21(14)15)23-22(27)24-20(11-28-23)25(31-26(30-24)34-2)32-12-16-7-8-17(13-32)29-16;32-21-9-8-20(23(33)27-21)31-24(34)18-4-1-5-19(22(18)25(31)35)28-11-13-29(14-12-28)26(36)37-15-17-7-6-16-3-2-10-30(16)17/h4-6,9-11,16-17,29,33H,3,7-8,12-13H2,1-2H3;1,4-5,16-17,20H,2-3,6-15H2,(H,27,32,33). The van der Waals surface area contributed by atoms with Gasteiger partial charge in [0.15, 0.2) is 5.82 Å². The largest absolute Gasteiger partial charge is 0.508 e. The molecule has 2 bridgehead atoms. The summed E-state index contributed by atoms with van der Waals surface area (Å²) in [6.45, 7) is 7.03. The molecular weight excluding hydrogens is 912 g/mol. The lowest BCUT2D eigenvalue weighted by Crippen LogP contribution is -2.54. The fourth-order valence-corrected chi connectivity index (χ4v) is 12.0. The van der Waals surface area contributed by atoms with Crippen molar-refractivity contribution in [1.29, 1.82) is 0 Å². The molecule has 9 heterocycles. The number of rotatable bonds is 8. The molecule has 3 N–H and O–H groups in total. The topological polar surface area (TPSA) is 203 Å². The van der Waals surface area contributed by atoms with Gasteiger partial charge in [-0.3, -0.25) is 39.3 Å². The minimum absolute atomic E-state index is 0.0642. The van der Waals surface area contributed by atoms with Gasteiger partial charge < -0.3 is 34.6 Å². The van der Waals surface area contributed by atoms with Crippen LogP contribution in [0.5, 0.6) is 11.8 Å². The molecule has 370 valence electrons. The Bertz CT molecular complexity index is 2970. The Morgan fingerprint density at radius 3 is 2.42 bits per heavy atom. The first kappa shape index (κ1) is 46.4. The van der Waals surface area contributed by atoms with Crippen molar-refractivity contribution in [2.75, 3.05) is 69.3 Å². The molecule has 19 heteroatoms. The van der Waals surface area contributed by atoms with Crippen LogP contribution < -0.4 is 25.2 Å². The number of carbonyl (C=O) groups is 5. The van der Waals surface area contributed by atoms with Crippen LogP contribution in [0.25, 0.3) is 32.9 Å². The average Bonchev–Trinajstić information content (AvgIpc) is 4.16. The van der Waals surface area contributed by atoms with E-state index >= 15 is 4.39 Å². The number of methoxy groups -OCH3 is 1. The summed E-state index contributed by atoms with van der Waals surface area (Å²) in [4.78, 5) is 86.0. The number of hydrogen-bond donors (Lipinski definition) is 3. The zero-order valence-corrected chi connectivity index (χ0v) is 39.9. The number of anilines is 2. The number of nitrogens with one attached hydrogen (secondary N) is 2. The Kier molecular flexibility index (Phi) is 12.4. The van der Waals surface area contributed by atoms with Gasteiger partial charge in [0.25, 0.3) is 11.8 Å². The van der Waals surface area contributed by atoms with Crippen molar-refractivity contribution in [3.8, 4) is 23.0 Å². The minimum Gasteiger partial charge on any atom is -0.508 e. The van der Waals surface area contributed by atoms with E-state index in [-0.39, 0.29) is 53.0 Å². The number of hydrogen-bond acceptors (Lipinski definition) is 15. The second-order valence-electron chi connectivity index (χ2n) is 19.6. The summed E-state index contributed by atoms with van der Waals surface area (Å²) in [6.07, 6.45) is 9.29. The maximum Gasteiger partial charge on any atom is 0.409 e. The summed E-state index contributed by atoms with van der Waals surface area (Å²) in [5, 5.41) is 18.5. The lowest BCUT2D eigenvalue weighted by atomic mass is 9.95. The molecule has 5 atom stereocenters. The van der Waals surface area contributed by atoms with Crippen LogP contribution in [0.1, 0.15) is 84.6 Å². The fourth-order valence-electron chi connectivity index (χ4n) is 12.0. The van der Waals surface area contributed by atoms with E-state index in [0.717, 1.165) is 66.6 Å². The number of halogens is 1. The summed E-state index contributed by atoms with van der Waals surface area (Å²) in [5.74, 6) is -1.91. The summed E-state index contributed by atoms with van der Waals surface area (Å²) in [7, 11) is 1.49. The van der Waals surface area contributed by atoms with Crippen molar-refractivity contribution >= 4 is 62.9 Å². The number of imide groups is 2. The Balaban J connectivity index is 0.000000155. The zero-order chi connectivity index (χ0) is 49.1. The van der Waals surface area contributed by atoms with Crippen molar-refractivity contribution in [2.24, 2.45) is 0 Å². The summed E-state index contributed by atoms with van der Waals surface area (Å²) < 4.78 is 27.2. The van der Waals surface area contributed by atoms with Crippen LogP contribution in [0.2, 0.25) is 0 Å². The molecule has 6 saturated heterocycles. The molecule has 0 aliphatic carbocycles. The van der Waals surface area contributed by atoms with Crippen molar-refractivity contribution in [3.05, 3.63) is 77.2 Å². The molecule has 0 radical (unpaired) electrons. The highest BCUT2D eigenvalue weighted by atomic mass is 19.1. The van der Waals surface area contributed by atoms with Crippen LogP contribution in [0.4, 0.5) is 20.7 Å². The van der Waals surface area contributed by atoms with Gasteiger partial charge >= 0.3 is 12.1 Å². The van der Waals surface area contributed by atoms with Crippen molar-refractivity contribution in [2.45, 2.75) is 94.9 Å². The second-order valence-corrected chi connectivity index (χ2v) is 19.6. The first-order valence-electron chi connectivity index (χ1n) is 24.9. The number of piperidine rings is 1. The first-order valence-corrected chi connectivity index (χ1v) is 24.9. The number of fused-ring (bicyclic) bond motifs is 6. The van der Waals surface area contributed by atoms with E-state index in [1.807, 2.05) is 23.1 Å². The maximum atomic E-state index is 16.2. The van der Waals surface area contributed by atoms with E-state index in [1.54, 1.807) is 41.4 Å². The average molecular weight is 969 g/mol. The molecule has 7 aliphatic heterocycles. The Morgan fingerprint density at radius 1 is 0.873 bits per heavy atom. The predicted octanol–water partition coefficient (Wildman–Crippen LogP) is 5.17. The number of aromatic hydroxyl groups is 1. The van der Waals surface area contributed by atoms with Gasteiger partial charge in [0.1, 0.15) is 35.4 Å². The number of carbonyl (C=O) groups excluding carboxylic acids is 5. The number of benzene rings is 3. The van der Waals surface area contributed by atoms with E-state index in [9.17, 15) is 29.1 Å². The molecule has 2 aromatic heterocycles. The molecule has 5 amide bonds. The van der Waals surface area contributed by atoms with Crippen LogP contribution in [-0.4, -0.2) is 154 Å². The molecule has 3 aromatic carbocycles. The van der Waals surface area contributed by atoms with Crippen molar-refractivity contribution < 1.29 is 42.9 Å². The normalized spacial score (nSPS) is 24.1. The maximum absolute atomic E-state index is 16.2. The molecule has 18 nitrogen and oxygen atoms in total. The molecule has 71 heavy (non-hydrogen) atoms. The number of phenols is 1. The number of aryl methyl sites for hydroxylation is 1. The number of ether oxygens (including phenoxy) is 2.